The lowest BCUT2D eigenvalue weighted by Gasteiger charge is -2.44. The van der Waals surface area contributed by atoms with Crippen LogP contribution in [0.3, 0.4) is 0 Å². The number of fused-ring (bicyclic) bond motifs is 1. The molecular formula is C23H28N2O7. The molecule has 2 aliphatic rings. The van der Waals surface area contributed by atoms with Gasteiger partial charge in [0.1, 0.15) is 5.70 Å². The molecule has 2 aliphatic heterocycles. The van der Waals surface area contributed by atoms with Crippen molar-refractivity contribution in [3.63, 3.8) is 0 Å². The number of rotatable bonds is 6. The minimum atomic E-state index is -0.858. The van der Waals surface area contributed by atoms with Crippen LogP contribution in [-0.4, -0.2) is 59.7 Å². The normalized spacial score (nSPS) is 20.9. The molecule has 1 aromatic rings. The second-order valence-electron chi connectivity index (χ2n) is 8.96. The zero-order valence-electron chi connectivity index (χ0n) is 18.8. The largest absolute Gasteiger partial charge is 0.427 e. The van der Waals surface area contributed by atoms with Crippen molar-refractivity contribution in [2.24, 2.45) is 11.3 Å². The number of carbonyl (C=O) groups is 4. The van der Waals surface area contributed by atoms with Crippen LogP contribution in [-0.2, 0) is 23.9 Å². The summed E-state index contributed by atoms with van der Waals surface area (Å²) in [5.41, 5.74) is 0.996. The Morgan fingerprint density at radius 1 is 1.19 bits per heavy atom. The number of hydrogen-bond acceptors (Lipinski definition) is 7. The molecule has 2 heterocycles. The summed E-state index contributed by atoms with van der Waals surface area (Å²) in [4.78, 5) is 50.6. The molecule has 3 atom stereocenters. The number of amides is 2. The Bertz CT molecular complexity index is 973. The van der Waals surface area contributed by atoms with Gasteiger partial charge in [0.15, 0.2) is 0 Å². The highest BCUT2D eigenvalue weighted by atomic mass is 16.7. The lowest BCUT2D eigenvalue weighted by Crippen LogP contribution is -2.61. The molecule has 0 bridgehead atoms. The van der Waals surface area contributed by atoms with Crippen molar-refractivity contribution < 1.29 is 33.8 Å². The maximum Gasteiger partial charge on any atom is 0.358 e. The van der Waals surface area contributed by atoms with E-state index in [2.05, 4.69) is 5.32 Å². The van der Waals surface area contributed by atoms with Gasteiger partial charge >= 0.3 is 11.9 Å². The molecule has 2 N–H and O–H groups in total. The Balaban J connectivity index is 1.86. The molecule has 0 saturated carbocycles. The summed E-state index contributed by atoms with van der Waals surface area (Å²) >= 11 is 0. The monoisotopic (exact) mass is 444 g/mol. The molecular weight excluding hydrogens is 416 g/mol. The quantitative estimate of drug-likeness (QED) is 0.387. The van der Waals surface area contributed by atoms with Crippen LogP contribution in [0.25, 0.3) is 5.57 Å². The minimum Gasteiger partial charge on any atom is -0.427 e. The van der Waals surface area contributed by atoms with Gasteiger partial charge in [-0.2, -0.15) is 0 Å². The van der Waals surface area contributed by atoms with Gasteiger partial charge in [-0.25, -0.2) is 4.79 Å². The molecule has 9 heteroatoms. The number of aliphatic hydroxyl groups excluding tert-OH is 1. The summed E-state index contributed by atoms with van der Waals surface area (Å²) in [6.07, 6.45) is -0.504. The topological polar surface area (TPSA) is 122 Å². The average molecular weight is 444 g/mol. The summed E-state index contributed by atoms with van der Waals surface area (Å²) < 4.78 is 10.2. The van der Waals surface area contributed by atoms with Crippen LogP contribution in [0.1, 0.15) is 50.0 Å². The molecule has 9 nitrogen and oxygen atoms in total. The van der Waals surface area contributed by atoms with E-state index in [4.69, 9.17) is 9.47 Å². The van der Waals surface area contributed by atoms with Crippen LogP contribution in [0.15, 0.2) is 30.0 Å². The van der Waals surface area contributed by atoms with Crippen molar-refractivity contribution in [1.82, 2.24) is 10.2 Å². The molecule has 1 saturated heterocycles. The Hall–Kier alpha value is -3.20. The van der Waals surface area contributed by atoms with Crippen molar-refractivity contribution in [3.8, 4) is 0 Å². The number of β-lactam (4-membered cyclic amide) rings is 1. The van der Waals surface area contributed by atoms with Gasteiger partial charge in [-0.05, 0) is 57.4 Å². The van der Waals surface area contributed by atoms with Crippen molar-refractivity contribution in [2.75, 3.05) is 13.8 Å². The van der Waals surface area contributed by atoms with E-state index in [0.717, 1.165) is 0 Å². The van der Waals surface area contributed by atoms with E-state index in [1.165, 1.54) is 11.9 Å². The fraction of sp³-hybridized carbons (Fsp3) is 0.478. The third-order valence-electron chi connectivity index (χ3n) is 5.64. The number of nitrogens with zero attached hydrogens (tertiary/aromatic N) is 1. The predicted molar refractivity (Wildman–Crippen MR) is 114 cm³/mol. The van der Waals surface area contributed by atoms with Gasteiger partial charge in [-0.3, -0.25) is 14.4 Å². The summed E-state index contributed by atoms with van der Waals surface area (Å²) in [6, 6.07) is 6.27. The van der Waals surface area contributed by atoms with Crippen LogP contribution in [0.2, 0.25) is 0 Å². The van der Waals surface area contributed by atoms with Gasteiger partial charge in [0.2, 0.25) is 12.7 Å². The van der Waals surface area contributed by atoms with Crippen molar-refractivity contribution in [2.45, 2.75) is 46.3 Å². The van der Waals surface area contributed by atoms with Crippen molar-refractivity contribution >= 4 is 29.3 Å². The second kappa shape index (κ2) is 8.74. The first-order chi connectivity index (χ1) is 15.0. The number of ether oxygens (including phenoxy) is 2. The zero-order valence-corrected chi connectivity index (χ0v) is 18.8. The number of nitrogens with one attached hydrogen (secondary N) is 1. The molecule has 0 radical (unpaired) electrons. The number of esters is 2. The lowest BCUT2D eigenvalue weighted by molar-refractivity contribution is -0.175. The van der Waals surface area contributed by atoms with Crippen LogP contribution >= 0.6 is 0 Å². The second-order valence-corrected chi connectivity index (χ2v) is 8.96. The van der Waals surface area contributed by atoms with Gasteiger partial charge in [-0.15, -0.1) is 0 Å². The fourth-order valence-corrected chi connectivity index (χ4v) is 3.91. The fourth-order valence-electron chi connectivity index (χ4n) is 3.91. The first-order valence-corrected chi connectivity index (χ1v) is 10.4. The standard InChI is InChI=1S/C23H28N2O7/c1-12(26)17-16-10-15(13-6-8-14(9-7-13)19(27)24-5)18(25(16)20(17)28)21(29)31-11-32-22(30)23(2,3)4/h6-9,12,16-17,26H,10-11H2,1-5H3,(H,24,27)/t12-,16-,17-/m1/s1. The zero-order chi connectivity index (χ0) is 23.8. The van der Waals surface area contributed by atoms with E-state index < -0.39 is 36.2 Å². The third kappa shape index (κ3) is 4.25. The van der Waals surface area contributed by atoms with Crippen LogP contribution in [0, 0.1) is 11.3 Å². The van der Waals surface area contributed by atoms with Crippen LogP contribution < -0.4 is 5.32 Å². The Morgan fingerprint density at radius 3 is 2.34 bits per heavy atom. The maximum atomic E-state index is 12.9. The molecule has 0 unspecified atom stereocenters. The molecule has 1 fully saturated rings. The summed E-state index contributed by atoms with van der Waals surface area (Å²) in [7, 11) is 1.53. The lowest BCUT2D eigenvalue weighted by atomic mass is 9.82. The summed E-state index contributed by atoms with van der Waals surface area (Å²) in [5.74, 6) is -2.54. The van der Waals surface area contributed by atoms with Gasteiger partial charge < -0.3 is 24.8 Å². The Labute approximate surface area is 186 Å². The van der Waals surface area contributed by atoms with E-state index >= 15 is 0 Å². The van der Waals surface area contributed by atoms with Crippen LogP contribution in [0.5, 0.6) is 0 Å². The number of benzene rings is 1. The van der Waals surface area contributed by atoms with Gasteiger partial charge in [-0.1, -0.05) is 12.1 Å². The van der Waals surface area contributed by atoms with Gasteiger partial charge in [0.05, 0.1) is 23.5 Å². The molecule has 0 aromatic heterocycles. The summed E-state index contributed by atoms with van der Waals surface area (Å²) in [6.45, 7) is 6.00. The summed E-state index contributed by atoms with van der Waals surface area (Å²) in [5, 5.41) is 12.5. The van der Waals surface area contributed by atoms with Gasteiger partial charge in [0, 0.05) is 12.6 Å². The van der Waals surface area contributed by atoms with Crippen molar-refractivity contribution in [3.05, 3.63) is 41.1 Å². The number of aliphatic hydroxyl groups is 1. The molecule has 1 aromatic carbocycles. The van der Waals surface area contributed by atoms with E-state index in [1.807, 2.05) is 0 Å². The van der Waals surface area contributed by atoms with E-state index in [-0.39, 0.29) is 23.6 Å². The molecule has 0 spiro atoms. The third-order valence-corrected chi connectivity index (χ3v) is 5.64. The first kappa shape index (κ1) is 23.5. The highest BCUT2D eigenvalue weighted by molar-refractivity contribution is 6.07. The smallest absolute Gasteiger partial charge is 0.358 e. The van der Waals surface area contributed by atoms with Gasteiger partial charge in [0.25, 0.3) is 5.91 Å². The average Bonchev–Trinajstić information content (AvgIpc) is 3.07. The van der Waals surface area contributed by atoms with E-state index in [0.29, 0.717) is 23.1 Å². The van der Waals surface area contributed by atoms with E-state index in [1.54, 1.807) is 52.0 Å². The Kier molecular flexibility index (Phi) is 6.41. The van der Waals surface area contributed by atoms with Crippen LogP contribution in [0.4, 0.5) is 0 Å². The Morgan fingerprint density at radius 2 is 1.81 bits per heavy atom. The molecule has 172 valence electrons. The SMILES string of the molecule is CNC(=O)c1ccc(C2=C(C(=O)OCOC(=O)C(C)(C)C)N3C(=O)[C@H]([C@@H](C)O)[C@H]3C2)cc1. The molecule has 2 amide bonds. The first-order valence-electron chi connectivity index (χ1n) is 10.4. The molecule has 3 rings (SSSR count). The number of hydrogen-bond donors (Lipinski definition) is 2. The highest BCUT2D eigenvalue weighted by Crippen LogP contribution is 2.47. The maximum absolute atomic E-state index is 12.9. The predicted octanol–water partition coefficient (Wildman–Crippen LogP) is 1.46. The highest BCUT2D eigenvalue weighted by Gasteiger charge is 2.57. The molecule has 32 heavy (non-hydrogen) atoms. The van der Waals surface area contributed by atoms with Crippen molar-refractivity contribution in [1.29, 1.82) is 0 Å². The minimum absolute atomic E-state index is 0.0661. The van der Waals surface area contributed by atoms with E-state index in [9.17, 15) is 24.3 Å². The molecule has 0 aliphatic carbocycles. The number of carbonyl (C=O) groups excluding carboxylic acids is 4.